The van der Waals surface area contributed by atoms with E-state index in [0.29, 0.717) is 28.4 Å². The van der Waals surface area contributed by atoms with Crippen molar-refractivity contribution in [3.05, 3.63) is 92.7 Å². The Balaban J connectivity index is 1.67. The number of carbonyl (C=O) groups excluding carboxylic acids is 2. The van der Waals surface area contributed by atoms with Gasteiger partial charge in [0.25, 0.3) is 0 Å². The molecule has 1 fully saturated rings. The molecule has 9 nitrogen and oxygen atoms in total. The van der Waals surface area contributed by atoms with E-state index in [2.05, 4.69) is 13.5 Å². The summed E-state index contributed by atoms with van der Waals surface area (Å²) < 4.78 is 5.23. The number of hydrogen-bond donors (Lipinski definition) is 1. The van der Waals surface area contributed by atoms with Crippen molar-refractivity contribution >= 4 is 40.8 Å². The van der Waals surface area contributed by atoms with Crippen molar-refractivity contribution in [3.63, 3.8) is 0 Å². The van der Waals surface area contributed by atoms with E-state index in [0.717, 1.165) is 45.8 Å². The predicted octanol–water partition coefficient (Wildman–Crippen LogP) is 5.47. The van der Waals surface area contributed by atoms with Crippen molar-refractivity contribution in [2.45, 2.75) is 53.9 Å². The Hall–Kier alpha value is -4.79. The van der Waals surface area contributed by atoms with Crippen LogP contribution in [-0.4, -0.2) is 45.9 Å². The van der Waals surface area contributed by atoms with E-state index in [1.165, 1.54) is 0 Å². The van der Waals surface area contributed by atoms with Crippen molar-refractivity contribution in [1.29, 1.82) is 0 Å². The van der Waals surface area contributed by atoms with Gasteiger partial charge in [0.2, 0.25) is 0 Å². The predicted molar refractivity (Wildman–Crippen MR) is 160 cm³/mol. The number of esters is 2. The third-order valence-corrected chi connectivity index (χ3v) is 8.74. The molecule has 1 saturated heterocycles. The number of carboxylic acid groups (broad SMARTS) is 1. The van der Waals surface area contributed by atoms with Crippen molar-refractivity contribution in [2.75, 3.05) is 0 Å². The van der Waals surface area contributed by atoms with E-state index in [4.69, 9.17) is 24.7 Å². The van der Waals surface area contributed by atoms with Crippen molar-refractivity contribution in [3.8, 4) is 0 Å². The van der Waals surface area contributed by atoms with E-state index in [1.54, 1.807) is 13.0 Å². The van der Waals surface area contributed by atoms with E-state index in [-0.39, 0.29) is 35.6 Å². The normalized spacial score (nSPS) is 24.8. The molecule has 9 heteroatoms. The standard InChI is InChI=1S/C33H30N4O5/c1-7-18-14(3)21-11-23-16(5)20(9-10-27(38)39)30(36-23)29-31-28(32(40)42-33(29)41)17(6)24(37-31)13-26-19(8-2)15(4)22(35-26)12-25(18)34-21/h7,11-13,16,20H,1,8-10H2,2-6H3,(H,38,39). The zero-order chi connectivity index (χ0) is 30.0. The van der Waals surface area contributed by atoms with Gasteiger partial charge in [-0.3, -0.25) is 9.79 Å². The summed E-state index contributed by atoms with van der Waals surface area (Å²) in [6.07, 6.45) is 8.33. The highest BCUT2D eigenvalue weighted by molar-refractivity contribution is 6.42. The maximum absolute atomic E-state index is 13.4. The Bertz CT molecular complexity index is 1800. The lowest BCUT2D eigenvalue weighted by atomic mass is 9.83. The first-order valence-electron chi connectivity index (χ1n) is 14.0. The average molecular weight is 563 g/mol. The average Bonchev–Trinajstić information content (AvgIpc) is 3.61. The summed E-state index contributed by atoms with van der Waals surface area (Å²) in [5, 5.41) is 9.49. The van der Waals surface area contributed by atoms with E-state index in [1.807, 2.05) is 39.0 Å². The van der Waals surface area contributed by atoms with Gasteiger partial charge in [0.05, 0.1) is 45.5 Å². The first-order valence-corrected chi connectivity index (χ1v) is 14.0. The maximum Gasteiger partial charge on any atom is 0.350 e. The van der Waals surface area contributed by atoms with Crippen LogP contribution >= 0.6 is 0 Å². The Morgan fingerprint density at radius 3 is 2.26 bits per heavy atom. The van der Waals surface area contributed by atoms with Crippen molar-refractivity contribution in [1.82, 2.24) is 0 Å². The second-order valence-electron chi connectivity index (χ2n) is 11.0. The van der Waals surface area contributed by atoms with Crippen molar-refractivity contribution < 1.29 is 24.2 Å². The molecule has 0 spiro atoms. The zero-order valence-electron chi connectivity index (χ0n) is 24.2. The molecule has 0 amide bonds. The highest BCUT2D eigenvalue weighted by atomic mass is 16.6. The Labute approximate surface area is 243 Å². The summed E-state index contributed by atoms with van der Waals surface area (Å²) in [5.74, 6) is -3.19. The quantitative estimate of drug-likeness (QED) is 0.351. The molecule has 0 aromatic carbocycles. The molecule has 6 aliphatic rings. The molecule has 0 aliphatic carbocycles. The molecule has 1 N–H and O–H groups in total. The minimum Gasteiger partial charge on any atom is -0.481 e. The second kappa shape index (κ2) is 9.94. The molecule has 42 heavy (non-hydrogen) atoms. The number of carboxylic acids is 1. The Morgan fingerprint density at radius 1 is 0.929 bits per heavy atom. The summed E-state index contributed by atoms with van der Waals surface area (Å²) in [6.45, 7) is 13.8. The molecule has 6 rings (SSSR count). The van der Waals surface area contributed by atoms with Gasteiger partial charge in [-0.25, -0.2) is 24.6 Å². The first kappa shape index (κ1) is 27.4. The third-order valence-electron chi connectivity index (χ3n) is 8.74. The largest absolute Gasteiger partial charge is 0.481 e. The maximum atomic E-state index is 13.4. The van der Waals surface area contributed by atoms with E-state index in [9.17, 15) is 19.5 Å². The zero-order valence-corrected chi connectivity index (χ0v) is 24.2. The minimum atomic E-state index is -0.948. The van der Waals surface area contributed by atoms with Gasteiger partial charge < -0.3 is 9.84 Å². The van der Waals surface area contributed by atoms with E-state index >= 15 is 0 Å². The van der Waals surface area contributed by atoms with Gasteiger partial charge in [0, 0.05) is 29.5 Å². The van der Waals surface area contributed by atoms with Crippen LogP contribution in [0.3, 0.4) is 0 Å². The second-order valence-corrected chi connectivity index (χ2v) is 11.0. The molecular formula is C33H30N4O5. The number of hydrogen-bond acceptors (Lipinski definition) is 8. The van der Waals surface area contributed by atoms with Crippen LogP contribution in [0.4, 0.5) is 0 Å². The first-order chi connectivity index (χ1) is 20.0. The molecule has 2 unspecified atom stereocenters. The van der Waals surface area contributed by atoms with Gasteiger partial charge in [0.15, 0.2) is 0 Å². The molecule has 6 heterocycles. The molecule has 0 aromatic rings. The van der Waals surface area contributed by atoms with Crippen LogP contribution in [-0.2, 0) is 19.1 Å². The number of aliphatic imine (C=N–C) groups is 4. The number of carbonyl (C=O) groups is 3. The SMILES string of the molecule is C=CC1=C(C)C2=CC3=NC(=C4C(=O)OC(=O)C5=C(C)C(=CC6=NC(=CC1=N2)C(C)=C6CC)N=C54)C(CCC(=O)O)C3C. The number of rotatable bonds is 5. The van der Waals surface area contributed by atoms with Gasteiger partial charge in [0.1, 0.15) is 5.57 Å². The number of aliphatic carboxylic acids is 1. The van der Waals surface area contributed by atoms with Crippen LogP contribution in [0.25, 0.3) is 0 Å². The number of nitrogens with zero attached hydrogens (tertiary/aromatic N) is 4. The van der Waals surface area contributed by atoms with Crippen LogP contribution in [0.1, 0.15) is 53.9 Å². The summed E-state index contributed by atoms with van der Waals surface area (Å²) in [5.41, 5.74) is 9.48. The molecule has 6 aliphatic heterocycles. The van der Waals surface area contributed by atoms with Gasteiger partial charge in [-0.1, -0.05) is 26.5 Å². The Kier molecular flexibility index (Phi) is 6.48. The molecule has 0 saturated carbocycles. The van der Waals surface area contributed by atoms with Gasteiger partial charge in [-0.2, -0.15) is 0 Å². The molecule has 0 aromatic heterocycles. The van der Waals surface area contributed by atoms with Crippen LogP contribution in [0.15, 0.2) is 113 Å². The molecule has 2 atom stereocenters. The molecule has 0 radical (unpaired) electrons. The summed E-state index contributed by atoms with van der Waals surface area (Å²) in [6, 6.07) is 0. The lowest BCUT2D eigenvalue weighted by Crippen LogP contribution is -2.32. The number of allylic oxidation sites excluding steroid dienone is 10. The number of cyclic esters (lactones) is 2. The lowest BCUT2D eigenvalue weighted by molar-refractivity contribution is -0.154. The fourth-order valence-corrected chi connectivity index (χ4v) is 6.33. The highest BCUT2D eigenvalue weighted by Crippen LogP contribution is 2.43. The lowest BCUT2D eigenvalue weighted by Gasteiger charge is -2.21. The minimum absolute atomic E-state index is 0.0983. The number of ether oxygens (including phenoxy) is 1. The smallest absolute Gasteiger partial charge is 0.350 e. The third kappa shape index (κ3) is 4.10. The number of fused-ring (bicyclic) bond motifs is 4. The molecule has 212 valence electrons. The monoisotopic (exact) mass is 562 g/mol. The summed E-state index contributed by atoms with van der Waals surface area (Å²) >= 11 is 0. The van der Waals surface area contributed by atoms with Crippen LogP contribution in [0, 0.1) is 11.8 Å². The highest BCUT2D eigenvalue weighted by Gasteiger charge is 2.45. The fraction of sp³-hybridized carbons (Fsp3) is 0.303. The summed E-state index contributed by atoms with van der Waals surface area (Å²) in [7, 11) is 0. The fourth-order valence-electron chi connectivity index (χ4n) is 6.33. The Morgan fingerprint density at radius 2 is 1.57 bits per heavy atom. The van der Waals surface area contributed by atoms with Gasteiger partial charge >= 0.3 is 17.9 Å². The van der Waals surface area contributed by atoms with Gasteiger partial charge in [-0.15, -0.1) is 0 Å². The summed E-state index contributed by atoms with van der Waals surface area (Å²) in [4.78, 5) is 57.5. The van der Waals surface area contributed by atoms with Crippen molar-refractivity contribution in [2.24, 2.45) is 31.8 Å². The molecule has 8 bridgehead atoms. The van der Waals surface area contributed by atoms with E-state index < -0.39 is 23.8 Å². The molecular weight excluding hydrogens is 532 g/mol. The van der Waals surface area contributed by atoms with Crippen LogP contribution in [0.2, 0.25) is 0 Å². The van der Waals surface area contributed by atoms with Crippen LogP contribution in [0.5, 0.6) is 0 Å². The van der Waals surface area contributed by atoms with Crippen LogP contribution < -0.4 is 0 Å². The topological polar surface area (TPSA) is 130 Å². The van der Waals surface area contributed by atoms with Gasteiger partial charge in [-0.05, 0) is 74.1 Å².